The number of rotatable bonds is 5. The minimum atomic E-state index is 0.265. The van der Waals surface area contributed by atoms with Gasteiger partial charge in [-0.25, -0.2) is 0 Å². The molecule has 6 heteroatoms. The van der Waals surface area contributed by atoms with Gasteiger partial charge in [-0.15, -0.1) is 0 Å². The summed E-state index contributed by atoms with van der Waals surface area (Å²) in [7, 11) is 2.15. The van der Waals surface area contributed by atoms with Crippen molar-refractivity contribution in [2.75, 3.05) is 69.6 Å². The average Bonchev–Trinajstić information content (AvgIpc) is 2.86. The first-order valence-electron chi connectivity index (χ1n) is 12.6. The zero-order valence-corrected chi connectivity index (χ0v) is 19.9. The highest BCUT2D eigenvalue weighted by atomic mass is 16.2. The Morgan fingerprint density at radius 2 is 1.55 bits per heavy atom. The van der Waals surface area contributed by atoms with Crippen LogP contribution >= 0.6 is 0 Å². The van der Waals surface area contributed by atoms with Gasteiger partial charge in [-0.1, -0.05) is 6.07 Å². The molecule has 3 heterocycles. The van der Waals surface area contributed by atoms with Crippen LogP contribution in [0.2, 0.25) is 0 Å². The first-order valence-corrected chi connectivity index (χ1v) is 12.6. The van der Waals surface area contributed by atoms with Crippen molar-refractivity contribution >= 4 is 23.0 Å². The summed E-state index contributed by atoms with van der Waals surface area (Å²) in [6.07, 6.45) is 4.88. The molecule has 0 atom stereocenters. The second-order valence-corrected chi connectivity index (χ2v) is 9.85. The summed E-state index contributed by atoms with van der Waals surface area (Å²) >= 11 is 0. The van der Waals surface area contributed by atoms with Gasteiger partial charge in [0.15, 0.2) is 0 Å². The van der Waals surface area contributed by atoms with Crippen LogP contribution in [-0.2, 0) is 17.8 Å². The molecule has 2 aromatic rings. The Balaban J connectivity index is 1.17. The minimum Gasteiger partial charge on any atom is -0.372 e. The molecular weight excluding hydrogens is 410 g/mol. The summed E-state index contributed by atoms with van der Waals surface area (Å²) in [5.41, 5.74) is 6.20. The second-order valence-electron chi connectivity index (χ2n) is 9.85. The van der Waals surface area contributed by atoms with Gasteiger partial charge in [-0.2, -0.15) is 0 Å². The molecule has 2 fully saturated rings. The van der Waals surface area contributed by atoms with Crippen LogP contribution in [0, 0.1) is 0 Å². The molecule has 0 bridgehead atoms. The molecule has 5 rings (SSSR count). The third-order valence-electron chi connectivity index (χ3n) is 7.40. The lowest BCUT2D eigenvalue weighted by molar-refractivity contribution is -0.133. The fourth-order valence-corrected chi connectivity index (χ4v) is 5.22. The number of nitrogens with zero attached hydrogens (tertiary/aromatic N) is 4. The van der Waals surface area contributed by atoms with E-state index >= 15 is 0 Å². The molecule has 1 N–H and O–H groups in total. The van der Waals surface area contributed by atoms with E-state index in [0.717, 1.165) is 57.1 Å². The maximum absolute atomic E-state index is 12.9. The predicted molar refractivity (Wildman–Crippen MR) is 135 cm³/mol. The first kappa shape index (κ1) is 22.2. The van der Waals surface area contributed by atoms with Crippen LogP contribution in [0.1, 0.15) is 30.4 Å². The highest BCUT2D eigenvalue weighted by Crippen LogP contribution is 2.27. The van der Waals surface area contributed by atoms with E-state index < -0.39 is 0 Å². The van der Waals surface area contributed by atoms with Crippen molar-refractivity contribution in [1.82, 2.24) is 14.7 Å². The summed E-state index contributed by atoms with van der Waals surface area (Å²) in [6.45, 7) is 8.51. The van der Waals surface area contributed by atoms with Gasteiger partial charge in [0, 0.05) is 69.4 Å². The van der Waals surface area contributed by atoms with Gasteiger partial charge < -0.3 is 20.0 Å². The Morgan fingerprint density at radius 1 is 0.818 bits per heavy atom. The lowest BCUT2D eigenvalue weighted by Crippen LogP contribution is -2.49. The number of hydrogen-bond donors (Lipinski definition) is 1. The number of anilines is 3. The van der Waals surface area contributed by atoms with Crippen LogP contribution in [0.3, 0.4) is 0 Å². The van der Waals surface area contributed by atoms with Crippen LogP contribution in [0.5, 0.6) is 0 Å². The number of likely N-dealkylation sites (N-methyl/N-ethyl adjacent to an activating group) is 1. The van der Waals surface area contributed by atoms with Gasteiger partial charge in [-0.3, -0.25) is 9.69 Å². The summed E-state index contributed by atoms with van der Waals surface area (Å²) in [5, 5.41) is 3.57. The van der Waals surface area contributed by atoms with E-state index in [4.69, 9.17) is 0 Å². The fourth-order valence-electron chi connectivity index (χ4n) is 5.22. The monoisotopic (exact) mass is 447 g/mol. The molecule has 3 aliphatic heterocycles. The second kappa shape index (κ2) is 10.1. The molecule has 2 aromatic carbocycles. The van der Waals surface area contributed by atoms with E-state index in [-0.39, 0.29) is 5.91 Å². The van der Waals surface area contributed by atoms with Crippen LogP contribution in [0.4, 0.5) is 17.1 Å². The topological polar surface area (TPSA) is 42.1 Å². The summed E-state index contributed by atoms with van der Waals surface area (Å²) in [6, 6.07) is 15.4. The molecule has 0 spiro atoms. The normalized spacial score (nSPS) is 19.9. The Kier molecular flexibility index (Phi) is 6.83. The van der Waals surface area contributed by atoms with Crippen LogP contribution < -0.4 is 10.2 Å². The molecule has 0 aliphatic carbocycles. The van der Waals surface area contributed by atoms with Gasteiger partial charge in [0.1, 0.15) is 0 Å². The van der Waals surface area contributed by atoms with Crippen molar-refractivity contribution in [3.05, 3.63) is 53.6 Å². The van der Waals surface area contributed by atoms with Gasteiger partial charge in [0.05, 0.1) is 6.54 Å². The Morgan fingerprint density at radius 3 is 2.30 bits per heavy atom. The molecule has 176 valence electrons. The highest BCUT2D eigenvalue weighted by molar-refractivity contribution is 5.78. The number of benzene rings is 2. The van der Waals surface area contributed by atoms with Crippen molar-refractivity contribution in [2.45, 2.75) is 32.2 Å². The molecule has 1 amide bonds. The van der Waals surface area contributed by atoms with Gasteiger partial charge in [0.25, 0.3) is 0 Å². The summed E-state index contributed by atoms with van der Waals surface area (Å²) in [4.78, 5) is 22.0. The number of piperazine rings is 1. The number of amides is 1. The van der Waals surface area contributed by atoms with Crippen LogP contribution in [0.15, 0.2) is 42.5 Å². The predicted octanol–water partition coefficient (Wildman–Crippen LogP) is 3.55. The molecule has 0 unspecified atom stereocenters. The van der Waals surface area contributed by atoms with E-state index in [0.29, 0.717) is 6.54 Å². The maximum Gasteiger partial charge on any atom is 0.237 e. The zero-order valence-electron chi connectivity index (χ0n) is 19.9. The lowest BCUT2D eigenvalue weighted by atomic mass is 9.98. The van der Waals surface area contributed by atoms with E-state index in [1.165, 1.54) is 49.2 Å². The quantitative estimate of drug-likeness (QED) is 0.759. The van der Waals surface area contributed by atoms with E-state index in [2.05, 4.69) is 69.5 Å². The minimum absolute atomic E-state index is 0.265. The van der Waals surface area contributed by atoms with Crippen molar-refractivity contribution in [3.8, 4) is 0 Å². The van der Waals surface area contributed by atoms with Crippen molar-refractivity contribution in [3.63, 3.8) is 0 Å². The average molecular weight is 448 g/mol. The van der Waals surface area contributed by atoms with E-state index in [1.807, 2.05) is 4.90 Å². The van der Waals surface area contributed by atoms with Gasteiger partial charge in [-0.05, 0) is 80.3 Å². The number of piperidine rings is 1. The highest BCUT2D eigenvalue weighted by Gasteiger charge is 2.24. The molecule has 0 saturated carbocycles. The van der Waals surface area contributed by atoms with E-state index in [9.17, 15) is 4.79 Å². The van der Waals surface area contributed by atoms with E-state index in [1.54, 1.807) is 0 Å². The lowest BCUT2D eigenvalue weighted by Gasteiger charge is -2.35. The summed E-state index contributed by atoms with van der Waals surface area (Å²) in [5.74, 6) is 0.265. The molecule has 3 aliphatic rings. The number of carbonyl (C=O) groups is 1. The number of carbonyl (C=O) groups excluding carboxylic acids is 1. The van der Waals surface area contributed by atoms with Crippen LogP contribution in [0.25, 0.3) is 0 Å². The van der Waals surface area contributed by atoms with Gasteiger partial charge >= 0.3 is 0 Å². The molecule has 2 saturated heterocycles. The Labute approximate surface area is 198 Å². The fraction of sp³-hybridized carbons (Fsp3) is 0.519. The van der Waals surface area contributed by atoms with Gasteiger partial charge in [0.2, 0.25) is 5.91 Å². The SMILES string of the molecule is CN1CCN(CC(=O)N2CCc3cc(Nc4ccc(N5CCCCC5)cc4)ccc3C2)CC1. The molecule has 0 radical (unpaired) electrons. The maximum atomic E-state index is 12.9. The molecule has 33 heavy (non-hydrogen) atoms. The molecular formula is C27H37N5O. The largest absolute Gasteiger partial charge is 0.372 e. The van der Waals surface area contributed by atoms with Crippen molar-refractivity contribution < 1.29 is 4.79 Å². The van der Waals surface area contributed by atoms with Crippen molar-refractivity contribution in [2.24, 2.45) is 0 Å². The Bertz CT molecular complexity index is 945. The summed E-state index contributed by atoms with van der Waals surface area (Å²) < 4.78 is 0. The smallest absolute Gasteiger partial charge is 0.237 e. The molecule has 6 nitrogen and oxygen atoms in total. The third-order valence-corrected chi connectivity index (χ3v) is 7.40. The number of nitrogens with one attached hydrogen (secondary N) is 1. The zero-order chi connectivity index (χ0) is 22.6. The Hall–Kier alpha value is -2.57. The first-order chi connectivity index (χ1) is 16.1. The van der Waals surface area contributed by atoms with Crippen molar-refractivity contribution in [1.29, 1.82) is 0 Å². The third kappa shape index (κ3) is 5.50. The standard InChI is InChI=1S/C27H37N5O/c1-29-15-17-30(18-16-29)21-27(33)32-14-11-22-19-25(6-5-23(22)20-32)28-24-7-9-26(10-8-24)31-12-3-2-4-13-31/h5-10,19,28H,2-4,11-18,20-21H2,1H3. The molecule has 0 aromatic heterocycles. The number of hydrogen-bond acceptors (Lipinski definition) is 5. The van der Waals surface area contributed by atoms with Crippen LogP contribution in [-0.4, -0.2) is 80.0 Å². The number of fused-ring (bicyclic) bond motifs is 1.